The molecule has 11 nitrogen and oxygen atoms in total. The molecule has 0 saturated carbocycles. The summed E-state index contributed by atoms with van der Waals surface area (Å²) in [5, 5.41) is 5.32. The molecular formula is C29H38N6O5. The number of aryl methyl sites for hydroxylation is 1. The second kappa shape index (κ2) is 13.9. The minimum absolute atomic E-state index is 0.0440. The second-order valence-corrected chi connectivity index (χ2v) is 9.97. The summed E-state index contributed by atoms with van der Waals surface area (Å²) in [6.45, 7) is 2.83. The summed E-state index contributed by atoms with van der Waals surface area (Å²) in [7, 11) is 2.98. The highest BCUT2D eigenvalue weighted by atomic mass is 16.5. The monoisotopic (exact) mass is 550 g/mol. The van der Waals surface area contributed by atoms with Gasteiger partial charge in [-0.15, -0.1) is 0 Å². The SMILES string of the molecule is COCCCn1c([C@@H]2CCCN(C(=O)C[C@H](N)CNC(=O)Nc3ccccc3C(=O)OC)C2)nc2ccccc21. The second-order valence-electron chi connectivity index (χ2n) is 9.97. The average Bonchev–Trinajstić information content (AvgIpc) is 3.35. The van der Waals surface area contributed by atoms with Gasteiger partial charge in [0.15, 0.2) is 0 Å². The lowest BCUT2D eigenvalue weighted by Crippen LogP contribution is -2.45. The number of aromatic nitrogens is 2. The number of hydrogen-bond acceptors (Lipinski definition) is 7. The molecule has 2 heterocycles. The summed E-state index contributed by atoms with van der Waals surface area (Å²) in [5.74, 6) is 0.536. The molecule has 2 aromatic carbocycles. The number of nitrogens with two attached hydrogens (primary N) is 1. The number of urea groups is 1. The Morgan fingerprint density at radius 1 is 1.12 bits per heavy atom. The summed E-state index contributed by atoms with van der Waals surface area (Å²) in [4.78, 5) is 44.3. The van der Waals surface area contributed by atoms with Crippen LogP contribution >= 0.6 is 0 Å². The van der Waals surface area contributed by atoms with E-state index in [1.165, 1.54) is 7.11 Å². The fourth-order valence-electron chi connectivity index (χ4n) is 5.12. The van der Waals surface area contributed by atoms with Crippen LogP contribution in [0.4, 0.5) is 10.5 Å². The van der Waals surface area contributed by atoms with Crippen LogP contribution in [0.5, 0.6) is 0 Å². The van der Waals surface area contributed by atoms with Crippen LogP contribution in [0, 0.1) is 0 Å². The molecule has 2 atom stereocenters. The largest absolute Gasteiger partial charge is 0.465 e. The zero-order valence-corrected chi connectivity index (χ0v) is 23.1. The Morgan fingerprint density at radius 3 is 2.70 bits per heavy atom. The smallest absolute Gasteiger partial charge is 0.339 e. The molecule has 40 heavy (non-hydrogen) atoms. The van der Waals surface area contributed by atoms with Crippen LogP contribution in [-0.4, -0.2) is 78.9 Å². The maximum atomic E-state index is 13.2. The van der Waals surface area contributed by atoms with Gasteiger partial charge in [-0.25, -0.2) is 14.6 Å². The van der Waals surface area contributed by atoms with Gasteiger partial charge < -0.3 is 35.3 Å². The first-order chi connectivity index (χ1) is 19.4. The summed E-state index contributed by atoms with van der Waals surface area (Å²) in [6.07, 6.45) is 2.82. The predicted molar refractivity (Wildman–Crippen MR) is 152 cm³/mol. The van der Waals surface area contributed by atoms with Crippen molar-refractivity contribution in [1.82, 2.24) is 19.8 Å². The topological polar surface area (TPSA) is 141 Å². The van der Waals surface area contributed by atoms with Crippen LogP contribution in [0.3, 0.4) is 0 Å². The molecule has 1 aliphatic rings. The van der Waals surface area contributed by atoms with Gasteiger partial charge in [-0.2, -0.15) is 0 Å². The average molecular weight is 551 g/mol. The number of likely N-dealkylation sites (tertiary alicyclic amines) is 1. The molecule has 214 valence electrons. The molecule has 4 rings (SSSR count). The van der Waals surface area contributed by atoms with Gasteiger partial charge in [0.25, 0.3) is 0 Å². The number of esters is 1. The van der Waals surface area contributed by atoms with Crippen molar-refractivity contribution in [2.24, 2.45) is 5.73 Å². The van der Waals surface area contributed by atoms with Gasteiger partial charge in [-0.3, -0.25) is 4.79 Å². The van der Waals surface area contributed by atoms with Crippen LogP contribution in [0.2, 0.25) is 0 Å². The van der Waals surface area contributed by atoms with Gasteiger partial charge in [-0.1, -0.05) is 24.3 Å². The van der Waals surface area contributed by atoms with E-state index in [-0.39, 0.29) is 30.4 Å². The Labute approximate surface area is 234 Å². The van der Waals surface area contributed by atoms with Crippen molar-refractivity contribution >= 4 is 34.6 Å². The number of piperidine rings is 1. The molecule has 0 spiro atoms. The number of imidazole rings is 1. The van der Waals surface area contributed by atoms with Crippen LogP contribution < -0.4 is 16.4 Å². The number of anilines is 1. The van der Waals surface area contributed by atoms with Crippen molar-refractivity contribution in [3.05, 3.63) is 59.9 Å². The van der Waals surface area contributed by atoms with Crippen LogP contribution in [-0.2, 0) is 20.8 Å². The highest BCUT2D eigenvalue weighted by Gasteiger charge is 2.29. The number of fused-ring (bicyclic) bond motifs is 1. The summed E-state index contributed by atoms with van der Waals surface area (Å²) in [6, 6.07) is 13.6. The van der Waals surface area contributed by atoms with Crippen LogP contribution in [0.25, 0.3) is 11.0 Å². The molecule has 0 unspecified atom stereocenters. The van der Waals surface area contributed by atoms with E-state index in [1.807, 2.05) is 23.1 Å². The van der Waals surface area contributed by atoms with E-state index in [4.69, 9.17) is 20.2 Å². The predicted octanol–water partition coefficient (Wildman–Crippen LogP) is 3.10. The van der Waals surface area contributed by atoms with Gasteiger partial charge in [-0.05, 0) is 43.5 Å². The van der Waals surface area contributed by atoms with Gasteiger partial charge in [0.2, 0.25) is 5.91 Å². The molecule has 1 fully saturated rings. The maximum absolute atomic E-state index is 13.2. The number of nitrogens with one attached hydrogen (secondary N) is 2. The lowest BCUT2D eigenvalue weighted by molar-refractivity contribution is -0.132. The first-order valence-corrected chi connectivity index (χ1v) is 13.6. The molecule has 1 saturated heterocycles. The lowest BCUT2D eigenvalue weighted by Gasteiger charge is -2.33. The van der Waals surface area contributed by atoms with Gasteiger partial charge in [0, 0.05) is 58.3 Å². The first kappa shape index (κ1) is 29.0. The van der Waals surface area contributed by atoms with Crippen molar-refractivity contribution in [2.75, 3.05) is 45.8 Å². The molecule has 0 radical (unpaired) electrons. The minimum atomic E-state index is -0.562. The maximum Gasteiger partial charge on any atom is 0.339 e. The van der Waals surface area contributed by atoms with E-state index in [0.29, 0.717) is 25.4 Å². The standard InChI is InChI=1S/C29H38N6O5/c1-39-16-8-15-35-25-13-6-5-12-24(25)32-27(35)20-9-7-14-34(19-20)26(36)17-21(30)18-31-29(38)33-23-11-4-3-10-22(23)28(37)40-2/h3-6,10-13,20-21H,7-9,14-19,30H2,1-2H3,(H2,31,33,38)/t20-,21+/m1/s1. The third-order valence-corrected chi connectivity index (χ3v) is 7.10. The van der Waals surface area contributed by atoms with Gasteiger partial charge >= 0.3 is 12.0 Å². The number of amides is 3. The molecule has 11 heteroatoms. The first-order valence-electron chi connectivity index (χ1n) is 13.6. The molecule has 1 aliphatic heterocycles. The number of para-hydroxylation sites is 3. The summed E-state index contributed by atoms with van der Waals surface area (Å²) >= 11 is 0. The van der Waals surface area contributed by atoms with Crippen LogP contribution in [0.15, 0.2) is 48.5 Å². The highest BCUT2D eigenvalue weighted by Crippen LogP contribution is 2.30. The fraction of sp³-hybridized carbons (Fsp3) is 0.448. The normalized spacial score (nSPS) is 16.0. The zero-order valence-electron chi connectivity index (χ0n) is 23.1. The van der Waals surface area contributed by atoms with Gasteiger partial charge in [0.05, 0.1) is 29.4 Å². The van der Waals surface area contributed by atoms with Crippen molar-refractivity contribution in [3.8, 4) is 0 Å². The Morgan fingerprint density at radius 2 is 1.90 bits per heavy atom. The molecule has 4 N–H and O–H groups in total. The summed E-state index contributed by atoms with van der Waals surface area (Å²) in [5.41, 5.74) is 8.84. The third kappa shape index (κ3) is 7.16. The van der Waals surface area contributed by atoms with E-state index in [0.717, 1.165) is 42.7 Å². The number of hydrogen-bond donors (Lipinski definition) is 3. The number of carbonyl (C=O) groups is 3. The van der Waals surface area contributed by atoms with Crippen molar-refractivity contribution in [1.29, 1.82) is 0 Å². The molecule has 1 aromatic heterocycles. The van der Waals surface area contributed by atoms with Crippen molar-refractivity contribution in [3.63, 3.8) is 0 Å². The van der Waals surface area contributed by atoms with Gasteiger partial charge in [0.1, 0.15) is 5.82 Å². The van der Waals surface area contributed by atoms with E-state index in [2.05, 4.69) is 21.3 Å². The van der Waals surface area contributed by atoms with E-state index >= 15 is 0 Å². The molecule has 0 aliphatic carbocycles. The van der Waals surface area contributed by atoms with E-state index in [9.17, 15) is 14.4 Å². The minimum Gasteiger partial charge on any atom is -0.465 e. The quantitative estimate of drug-likeness (QED) is 0.246. The van der Waals surface area contributed by atoms with Crippen molar-refractivity contribution in [2.45, 2.75) is 44.2 Å². The Bertz CT molecular complexity index is 1330. The molecular weight excluding hydrogens is 512 g/mol. The van der Waals surface area contributed by atoms with Crippen LogP contribution in [0.1, 0.15) is 47.8 Å². The Hall–Kier alpha value is -3.96. The molecule has 3 amide bonds. The molecule has 0 bridgehead atoms. The zero-order chi connectivity index (χ0) is 28.5. The third-order valence-electron chi connectivity index (χ3n) is 7.10. The van der Waals surface area contributed by atoms with E-state index in [1.54, 1.807) is 31.4 Å². The fourth-order valence-corrected chi connectivity index (χ4v) is 5.12. The number of methoxy groups -OCH3 is 2. The number of ether oxygens (including phenoxy) is 2. The number of benzene rings is 2. The Kier molecular flexibility index (Phi) is 10.1. The summed E-state index contributed by atoms with van der Waals surface area (Å²) < 4.78 is 12.3. The molecule has 3 aromatic rings. The lowest BCUT2D eigenvalue weighted by atomic mass is 9.96. The highest BCUT2D eigenvalue weighted by molar-refractivity contribution is 6.00. The van der Waals surface area contributed by atoms with Crippen molar-refractivity contribution < 1.29 is 23.9 Å². The number of carbonyl (C=O) groups excluding carboxylic acids is 3. The van der Waals surface area contributed by atoms with E-state index < -0.39 is 18.0 Å². The Balaban J connectivity index is 1.32. The number of nitrogens with zero attached hydrogens (tertiary/aromatic N) is 3. The number of rotatable bonds is 11.